The molecule has 0 spiro atoms. The molecule has 0 aliphatic heterocycles. The number of hydrogen-bond acceptors (Lipinski definition) is 3. The van der Waals surface area contributed by atoms with Gasteiger partial charge in [-0.3, -0.25) is 4.79 Å². The van der Waals surface area contributed by atoms with Gasteiger partial charge in [0.1, 0.15) is 0 Å². The van der Waals surface area contributed by atoms with Gasteiger partial charge in [-0.15, -0.1) is 0 Å². The molecule has 0 aromatic heterocycles. The van der Waals surface area contributed by atoms with Crippen LogP contribution in [0.5, 0.6) is 0 Å². The summed E-state index contributed by atoms with van der Waals surface area (Å²) in [6.07, 6.45) is 0.266. The summed E-state index contributed by atoms with van der Waals surface area (Å²) in [5.74, 6) is -0.121. The molecule has 0 aliphatic carbocycles. The Hall–Kier alpha value is -2.08. The number of carbonyl (C=O) groups is 2. The lowest BCUT2D eigenvalue weighted by Gasteiger charge is -2.26. The van der Waals surface area contributed by atoms with Crippen LogP contribution in [0, 0.1) is 5.41 Å². The minimum absolute atomic E-state index is 0.112. The van der Waals surface area contributed by atoms with Gasteiger partial charge in [0, 0.05) is 30.9 Å². The smallest absolute Gasteiger partial charge is 0.318 e. The summed E-state index contributed by atoms with van der Waals surface area (Å²) in [4.78, 5) is 23.1. The maximum Gasteiger partial charge on any atom is 0.318 e. The Kier molecular flexibility index (Phi) is 5.72. The Labute approximate surface area is 125 Å². The van der Waals surface area contributed by atoms with E-state index < -0.39 is 0 Å². The number of nitrogens with two attached hydrogens (primary N) is 1. The molecule has 0 heterocycles. The van der Waals surface area contributed by atoms with E-state index in [2.05, 4.69) is 16.0 Å². The minimum Gasteiger partial charge on any atom is -0.341 e. The van der Waals surface area contributed by atoms with Gasteiger partial charge in [-0.1, -0.05) is 20.8 Å². The van der Waals surface area contributed by atoms with Crippen LogP contribution in [0.25, 0.3) is 0 Å². The zero-order valence-corrected chi connectivity index (χ0v) is 13.0. The van der Waals surface area contributed by atoms with Gasteiger partial charge < -0.3 is 21.7 Å². The van der Waals surface area contributed by atoms with Gasteiger partial charge in [0.2, 0.25) is 5.91 Å². The molecule has 6 nitrogen and oxygen atoms in total. The average Bonchev–Trinajstić information content (AvgIpc) is 2.39. The van der Waals surface area contributed by atoms with E-state index in [0.717, 1.165) is 0 Å². The Bertz CT molecular complexity index is 491. The average molecular weight is 292 g/mol. The van der Waals surface area contributed by atoms with Crippen LogP contribution in [0.15, 0.2) is 24.3 Å². The molecule has 1 aromatic carbocycles. The SMILES string of the molecule is CNC(=O)Nc1ccc(NC(=O)CC(N)C(C)(C)C)cc1. The lowest BCUT2D eigenvalue weighted by atomic mass is 9.85. The zero-order chi connectivity index (χ0) is 16.0. The van der Waals surface area contributed by atoms with Gasteiger partial charge in [-0.05, 0) is 29.7 Å². The van der Waals surface area contributed by atoms with Crippen LogP contribution in [0.2, 0.25) is 0 Å². The fraction of sp³-hybridized carbons (Fsp3) is 0.467. The number of hydrogen-bond donors (Lipinski definition) is 4. The van der Waals surface area contributed by atoms with Gasteiger partial charge in [0.15, 0.2) is 0 Å². The Morgan fingerprint density at radius 3 is 2.00 bits per heavy atom. The number of nitrogens with one attached hydrogen (secondary N) is 3. The first-order valence-electron chi connectivity index (χ1n) is 6.86. The number of benzene rings is 1. The Morgan fingerprint density at radius 1 is 1.10 bits per heavy atom. The predicted octanol–water partition coefficient (Wildman–Crippen LogP) is 2.14. The van der Waals surface area contributed by atoms with Crippen LogP contribution in [-0.2, 0) is 4.79 Å². The maximum atomic E-state index is 11.9. The first kappa shape index (κ1) is 17.0. The van der Waals surface area contributed by atoms with E-state index >= 15 is 0 Å². The highest BCUT2D eigenvalue weighted by Gasteiger charge is 2.23. The second kappa shape index (κ2) is 7.08. The molecule has 0 saturated carbocycles. The molecule has 0 fully saturated rings. The van der Waals surface area contributed by atoms with Crippen LogP contribution in [0.4, 0.5) is 16.2 Å². The fourth-order valence-electron chi connectivity index (χ4n) is 1.55. The highest BCUT2D eigenvalue weighted by molar-refractivity contribution is 5.92. The second-order valence-corrected chi connectivity index (χ2v) is 6.01. The number of carbonyl (C=O) groups excluding carboxylic acids is 2. The third-order valence-electron chi connectivity index (χ3n) is 3.17. The molecule has 3 amide bonds. The normalized spacial score (nSPS) is 12.4. The summed E-state index contributed by atoms with van der Waals surface area (Å²) in [5.41, 5.74) is 7.19. The molecule has 1 aromatic rings. The summed E-state index contributed by atoms with van der Waals surface area (Å²) in [7, 11) is 1.54. The molecule has 0 aliphatic rings. The maximum absolute atomic E-state index is 11.9. The lowest BCUT2D eigenvalue weighted by molar-refractivity contribution is -0.117. The molecule has 116 valence electrons. The van der Waals surface area contributed by atoms with Gasteiger partial charge in [0.05, 0.1) is 0 Å². The topological polar surface area (TPSA) is 96.2 Å². The van der Waals surface area contributed by atoms with Crippen molar-refractivity contribution in [2.75, 3.05) is 17.7 Å². The van der Waals surface area contributed by atoms with Crippen LogP contribution in [0.1, 0.15) is 27.2 Å². The van der Waals surface area contributed by atoms with Crippen molar-refractivity contribution < 1.29 is 9.59 Å². The van der Waals surface area contributed by atoms with E-state index in [0.29, 0.717) is 11.4 Å². The molecule has 5 N–H and O–H groups in total. The van der Waals surface area contributed by atoms with Crippen molar-refractivity contribution in [3.8, 4) is 0 Å². The summed E-state index contributed by atoms with van der Waals surface area (Å²) in [6.45, 7) is 6.01. The van der Waals surface area contributed by atoms with Crippen molar-refractivity contribution in [3.63, 3.8) is 0 Å². The molecule has 0 radical (unpaired) electrons. The number of amides is 3. The summed E-state index contributed by atoms with van der Waals surface area (Å²) in [6, 6.07) is 6.40. The monoisotopic (exact) mass is 292 g/mol. The quantitative estimate of drug-likeness (QED) is 0.684. The summed E-state index contributed by atoms with van der Waals surface area (Å²) < 4.78 is 0. The molecule has 1 rings (SSSR count). The fourth-order valence-corrected chi connectivity index (χ4v) is 1.55. The van der Waals surface area contributed by atoms with Crippen molar-refractivity contribution >= 4 is 23.3 Å². The first-order valence-corrected chi connectivity index (χ1v) is 6.86. The van der Waals surface area contributed by atoms with Crippen LogP contribution in [0.3, 0.4) is 0 Å². The molecule has 0 saturated heterocycles. The van der Waals surface area contributed by atoms with Crippen LogP contribution < -0.4 is 21.7 Å². The third-order valence-corrected chi connectivity index (χ3v) is 3.17. The second-order valence-electron chi connectivity index (χ2n) is 6.01. The van der Waals surface area contributed by atoms with Gasteiger partial charge in [0.25, 0.3) is 0 Å². The van der Waals surface area contributed by atoms with Crippen molar-refractivity contribution in [3.05, 3.63) is 24.3 Å². The zero-order valence-electron chi connectivity index (χ0n) is 13.0. The number of rotatable bonds is 4. The van der Waals surface area contributed by atoms with Crippen molar-refractivity contribution in [1.29, 1.82) is 0 Å². The van der Waals surface area contributed by atoms with E-state index in [9.17, 15) is 9.59 Å². The van der Waals surface area contributed by atoms with E-state index in [1.165, 1.54) is 0 Å². The first-order chi connectivity index (χ1) is 9.72. The number of urea groups is 1. The van der Waals surface area contributed by atoms with Crippen molar-refractivity contribution in [2.24, 2.45) is 11.1 Å². The highest BCUT2D eigenvalue weighted by atomic mass is 16.2. The van der Waals surface area contributed by atoms with Gasteiger partial charge in [-0.2, -0.15) is 0 Å². The van der Waals surface area contributed by atoms with Crippen molar-refractivity contribution in [2.45, 2.75) is 33.2 Å². The minimum atomic E-state index is -0.289. The standard InChI is InChI=1S/C15H24N4O2/c1-15(2,3)12(16)9-13(20)18-10-5-7-11(8-6-10)19-14(21)17-4/h5-8,12H,9,16H2,1-4H3,(H,18,20)(H2,17,19,21). The molecular formula is C15H24N4O2. The molecule has 6 heteroatoms. The van der Waals surface area contributed by atoms with E-state index in [1.54, 1.807) is 31.3 Å². The lowest BCUT2D eigenvalue weighted by Crippen LogP contribution is -2.38. The van der Waals surface area contributed by atoms with Gasteiger partial charge in [-0.25, -0.2) is 4.79 Å². The molecule has 1 unspecified atom stereocenters. The Morgan fingerprint density at radius 2 is 1.57 bits per heavy atom. The molecular weight excluding hydrogens is 268 g/mol. The van der Waals surface area contributed by atoms with Gasteiger partial charge >= 0.3 is 6.03 Å². The predicted molar refractivity (Wildman–Crippen MR) is 85.2 cm³/mol. The molecule has 0 bridgehead atoms. The molecule has 21 heavy (non-hydrogen) atoms. The van der Waals surface area contributed by atoms with E-state index in [4.69, 9.17) is 5.73 Å². The van der Waals surface area contributed by atoms with Crippen LogP contribution >= 0.6 is 0 Å². The van der Waals surface area contributed by atoms with Crippen LogP contribution in [-0.4, -0.2) is 25.0 Å². The van der Waals surface area contributed by atoms with E-state index in [1.807, 2.05) is 20.8 Å². The van der Waals surface area contributed by atoms with E-state index in [-0.39, 0.29) is 29.8 Å². The third kappa shape index (κ3) is 5.83. The summed E-state index contributed by atoms with van der Waals surface area (Å²) in [5, 5.41) is 7.90. The van der Waals surface area contributed by atoms with Crippen molar-refractivity contribution in [1.82, 2.24) is 5.32 Å². The highest BCUT2D eigenvalue weighted by Crippen LogP contribution is 2.20. The largest absolute Gasteiger partial charge is 0.341 e. The molecule has 1 atom stereocenters. The number of anilines is 2. The Balaban J connectivity index is 2.56. The summed E-state index contributed by atoms with van der Waals surface area (Å²) >= 11 is 0.